The van der Waals surface area contributed by atoms with E-state index in [2.05, 4.69) is 46.5 Å². The lowest BCUT2D eigenvalue weighted by molar-refractivity contribution is 0.189. The van der Waals surface area contributed by atoms with Gasteiger partial charge in [0.25, 0.3) is 0 Å². The Bertz CT molecular complexity index is 475. The van der Waals surface area contributed by atoms with Crippen LogP contribution in [0.25, 0.3) is 0 Å². The van der Waals surface area contributed by atoms with Crippen molar-refractivity contribution in [3.8, 4) is 0 Å². The maximum atomic E-state index is 4.29. The minimum absolute atomic E-state index is 0.851. The second kappa shape index (κ2) is 9.93. The van der Waals surface area contributed by atoms with Crippen molar-refractivity contribution < 1.29 is 0 Å². The van der Waals surface area contributed by atoms with Crippen molar-refractivity contribution in [3.63, 3.8) is 0 Å². The first-order chi connectivity index (χ1) is 11.2. The second-order valence-corrected chi connectivity index (χ2v) is 7.97. The quantitative estimate of drug-likeness (QED) is 0.456. The Balaban J connectivity index is 1.53. The first-order valence-corrected chi connectivity index (χ1v) is 9.71. The van der Waals surface area contributed by atoms with E-state index < -0.39 is 0 Å². The number of nitrogens with one attached hydrogen (secondary N) is 2. The highest BCUT2D eigenvalue weighted by Crippen LogP contribution is 2.16. The molecule has 5 heteroatoms. The van der Waals surface area contributed by atoms with E-state index in [9.17, 15) is 0 Å². The summed E-state index contributed by atoms with van der Waals surface area (Å²) in [6, 6.07) is 4.35. The molecule has 1 aliphatic heterocycles. The minimum atomic E-state index is 0.851. The molecule has 2 heterocycles. The Kier molecular flexibility index (Phi) is 7.89. The first-order valence-electron chi connectivity index (χ1n) is 8.89. The molecule has 1 aromatic rings. The summed E-state index contributed by atoms with van der Waals surface area (Å²) < 4.78 is 0. The molecule has 0 radical (unpaired) electrons. The molecule has 0 saturated carbocycles. The molecule has 0 aliphatic carbocycles. The maximum absolute atomic E-state index is 4.29. The molecule has 1 fully saturated rings. The molecule has 2 N–H and O–H groups in total. The van der Waals surface area contributed by atoms with Crippen LogP contribution in [0.1, 0.15) is 42.4 Å². The van der Waals surface area contributed by atoms with Crippen molar-refractivity contribution in [1.29, 1.82) is 0 Å². The van der Waals surface area contributed by atoms with Gasteiger partial charge in [-0.1, -0.05) is 6.92 Å². The highest BCUT2D eigenvalue weighted by Gasteiger charge is 2.14. The number of rotatable bonds is 7. The molecule has 130 valence electrons. The molecular weight excluding hydrogens is 304 g/mol. The van der Waals surface area contributed by atoms with Crippen molar-refractivity contribution in [3.05, 3.63) is 21.9 Å². The Morgan fingerprint density at radius 2 is 2.04 bits per heavy atom. The Morgan fingerprint density at radius 1 is 1.26 bits per heavy atom. The first kappa shape index (κ1) is 18.3. The summed E-state index contributed by atoms with van der Waals surface area (Å²) >= 11 is 1.84. The van der Waals surface area contributed by atoms with Crippen LogP contribution in [0, 0.1) is 12.8 Å². The van der Waals surface area contributed by atoms with E-state index in [4.69, 9.17) is 0 Å². The van der Waals surface area contributed by atoms with Gasteiger partial charge in [-0.05, 0) is 70.3 Å². The van der Waals surface area contributed by atoms with Crippen molar-refractivity contribution in [2.75, 3.05) is 33.2 Å². The molecule has 23 heavy (non-hydrogen) atoms. The summed E-state index contributed by atoms with van der Waals surface area (Å²) in [5, 5.41) is 6.80. The van der Waals surface area contributed by atoms with Gasteiger partial charge in [-0.3, -0.25) is 4.99 Å². The van der Waals surface area contributed by atoms with Gasteiger partial charge in [-0.15, -0.1) is 11.3 Å². The van der Waals surface area contributed by atoms with Crippen LogP contribution in [-0.2, 0) is 6.54 Å². The van der Waals surface area contributed by atoms with E-state index in [1.807, 2.05) is 18.4 Å². The van der Waals surface area contributed by atoms with Crippen molar-refractivity contribution in [1.82, 2.24) is 15.5 Å². The molecule has 1 aliphatic rings. The van der Waals surface area contributed by atoms with Crippen LogP contribution >= 0.6 is 11.3 Å². The molecule has 0 bridgehead atoms. The molecular formula is C18H32N4S. The smallest absolute Gasteiger partial charge is 0.191 e. The van der Waals surface area contributed by atoms with Crippen LogP contribution in [0.3, 0.4) is 0 Å². The van der Waals surface area contributed by atoms with Gasteiger partial charge in [0.15, 0.2) is 5.96 Å². The van der Waals surface area contributed by atoms with Crippen molar-refractivity contribution >= 4 is 17.3 Å². The van der Waals surface area contributed by atoms with Crippen LogP contribution in [0.2, 0.25) is 0 Å². The van der Waals surface area contributed by atoms with Crippen LogP contribution in [0.5, 0.6) is 0 Å². The van der Waals surface area contributed by atoms with Crippen LogP contribution in [-0.4, -0.2) is 44.1 Å². The summed E-state index contributed by atoms with van der Waals surface area (Å²) in [7, 11) is 1.84. The van der Waals surface area contributed by atoms with E-state index >= 15 is 0 Å². The fourth-order valence-electron chi connectivity index (χ4n) is 2.92. The van der Waals surface area contributed by atoms with Crippen LogP contribution in [0.4, 0.5) is 0 Å². The van der Waals surface area contributed by atoms with Crippen molar-refractivity contribution in [2.24, 2.45) is 10.9 Å². The zero-order valence-corrected chi connectivity index (χ0v) is 15.7. The average Bonchev–Trinajstić information content (AvgIpc) is 2.97. The van der Waals surface area contributed by atoms with E-state index in [0.717, 1.165) is 25.0 Å². The number of unbranched alkanes of at least 4 members (excludes halogenated alkanes) is 1. The number of thiophene rings is 1. The van der Waals surface area contributed by atoms with E-state index in [-0.39, 0.29) is 0 Å². The topological polar surface area (TPSA) is 39.7 Å². The second-order valence-electron chi connectivity index (χ2n) is 6.60. The van der Waals surface area contributed by atoms with Gasteiger partial charge in [0.2, 0.25) is 0 Å². The SMILES string of the molecule is CN=C(NCCCCN1CCC(C)CC1)NCc1ccc(C)s1. The van der Waals surface area contributed by atoms with Gasteiger partial charge in [0.1, 0.15) is 0 Å². The number of guanidine groups is 1. The van der Waals surface area contributed by atoms with Gasteiger partial charge in [-0.2, -0.15) is 0 Å². The summed E-state index contributed by atoms with van der Waals surface area (Å²) in [4.78, 5) is 9.62. The normalized spacial score (nSPS) is 17.4. The lowest BCUT2D eigenvalue weighted by Gasteiger charge is -2.30. The van der Waals surface area contributed by atoms with E-state index in [0.29, 0.717) is 0 Å². The number of piperidine rings is 1. The largest absolute Gasteiger partial charge is 0.356 e. The van der Waals surface area contributed by atoms with E-state index in [1.54, 1.807) is 0 Å². The third-order valence-corrected chi connectivity index (χ3v) is 5.52. The molecule has 0 amide bonds. The standard InChI is InChI=1S/C18H32N4S/c1-15-8-12-22(13-9-15)11-5-4-10-20-18(19-3)21-14-17-7-6-16(2)23-17/h6-7,15H,4-5,8-14H2,1-3H3,(H2,19,20,21). The summed E-state index contributed by atoms with van der Waals surface area (Å²) in [6.07, 6.45) is 5.21. The molecule has 0 aromatic carbocycles. The van der Waals surface area contributed by atoms with Crippen molar-refractivity contribution in [2.45, 2.75) is 46.1 Å². The zero-order chi connectivity index (χ0) is 16.5. The predicted octanol–water partition coefficient (Wildman–Crippen LogP) is 3.23. The molecule has 1 aromatic heterocycles. The van der Waals surface area contributed by atoms with Gasteiger partial charge in [-0.25, -0.2) is 0 Å². The number of aryl methyl sites for hydroxylation is 1. The lowest BCUT2D eigenvalue weighted by atomic mass is 9.99. The monoisotopic (exact) mass is 336 g/mol. The third kappa shape index (κ3) is 6.92. The number of nitrogens with zero attached hydrogens (tertiary/aromatic N) is 2. The summed E-state index contributed by atoms with van der Waals surface area (Å²) in [5.74, 6) is 1.83. The number of aliphatic imine (C=N–C) groups is 1. The predicted molar refractivity (Wildman–Crippen MR) is 101 cm³/mol. The highest BCUT2D eigenvalue weighted by molar-refractivity contribution is 7.11. The van der Waals surface area contributed by atoms with E-state index in [1.165, 1.54) is 55.1 Å². The summed E-state index contributed by atoms with van der Waals surface area (Å²) in [5.41, 5.74) is 0. The van der Waals surface area contributed by atoms with Gasteiger partial charge in [0, 0.05) is 23.3 Å². The molecule has 0 spiro atoms. The zero-order valence-electron chi connectivity index (χ0n) is 14.9. The van der Waals surface area contributed by atoms with Crippen LogP contribution < -0.4 is 10.6 Å². The fourth-order valence-corrected chi connectivity index (χ4v) is 3.75. The molecule has 0 atom stereocenters. The molecule has 2 rings (SSSR count). The van der Waals surface area contributed by atoms with Crippen LogP contribution in [0.15, 0.2) is 17.1 Å². The minimum Gasteiger partial charge on any atom is -0.356 e. The highest BCUT2D eigenvalue weighted by atomic mass is 32.1. The Morgan fingerprint density at radius 3 is 2.70 bits per heavy atom. The number of hydrogen-bond acceptors (Lipinski definition) is 3. The summed E-state index contributed by atoms with van der Waals surface area (Å²) in [6.45, 7) is 10.2. The average molecular weight is 337 g/mol. The lowest BCUT2D eigenvalue weighted by Crippen LogP contribution is -2.37. The molecule has 4 nitrogen and oxygen atoms in total. The van der Waals surface area contributed by atoms with Gasteiger partial charge in [0.05, 0.1) is 6.54 Å². The third-order valence-electron chi connectivity index (χ3n) is 4.52. The van der Waals surface area contributed by atoms with Gasteiger partial charge >= 0.3 is 0 Å². The Labute approximate surface area is 145 Å². The molecule has 1 saturated heterocycles. The fraction of sp³-hybridized carbons (Fsp3) is 0.722. The molecule has 0 unspecified atom stereocenters. The van der Waals surface area contributed by atoms with Gasteiger partial charge < -0.3 is 15.5 Å². The number of likely N-dealkylation sites (tertiary alicyclic amines) is 1. The number of hydrogen-bond donors (Lipinski definition) is 2. The maximum Gasteiger partial charge on any atom is 0.191 e. The Hall–Kier alpha value is -1.07.